The zero-order valence-electron chi connectivity index (χ0n) is 83.6. The third-order valence-electron chi connectivity index (χ3n) is 23.1. The SMILES string of the molecule is C#Cc1cnn(-c2ccc(CNC(=O)c3ccc(-c4nc(C)cc(Cc5cc(C)[nH]n5)n4)cn3)cn2)c1.Cc1cc(Cc2cc(C)[nH]n2)nc(-c2ccc(C(=O)NCc3ccc(-n4nc(C)cc4C)nc3)nc2)n1.Cc1cc(Cc2cc(C)[nH]n2)nc(-c2cnc(C(=O)N[C@@H](C)c3ccc(-n4cccn4)nc3)c(C)c2)n1.Cc1cnn(-c2ccc([C@H](C)NC(=O)c3ccc(-c4nc(C)cc(Cc5cc(C)[nH]n5)n4)cn3)cn2)c1. The van der Waals surface area contributed by atoms with E-state index in [1.54, 1.807) is 117 Å². The van der Waals surface area contributed by atoms with Crippen LogP contribution in [0.2, 0.25) is 0 Å². The number of aryl methyl sites for hydroxylation is 12. The molecule has 4 amide bonds. The number of terminal acetylenes is 1. The number of carbonyl (C=O) groups excluding carboxylic acids is 4. The summed E-state index contributed by atoms with van der Waals surface area (Å²) in [5.74, 6) is 6.49. The number of nitrogens with zero attached hydrogens (tertiary/aromatic N) is 28. The second-order valence-corrected chi connectivity index (χ2v) is 35.6. The molecule has 0 radical (unpaired) electrons. The van der Waals surface area contributed by atoms with E-state index in [1.807, 2.05) is 237 Å². The Morgan fingerprint density at radius 1 is 0.358 bits per heavy atom. The van der Waals surface area contributed by atoms with E-state index in [0.717, 1.165) is 164 Å². The van der Waals surface area contributed by atoms with E-state index in [1.165, 1.54) is 0 Å². The second-order valence-electron chi connectivity index (χ2n) is 35.6. The first-order valence-electron chi connectivity index (χ1n) is 47.3. The van der Waals surface area contributed by atoms with Gasteiger partial charge in [-0.25, -0.2) is 78.5 Å². The average Bonchev–Trinajstić information content (AvgIpc) is 1.11. The molecule has 0 aromatic carbocycles. The second kappa shape index (κ2) is 45.7. The molecule has 0 saturated heterocycles. The van der Waals surface area contributed by atoms with Crippen molar-refractivity contribution in [2.75, 3.05) is 0 Å². The molecular formula is C108H104N36O4. The molecule has 20 heterocycles. The van der Waals surface area contributed by atoms with Crippen LogP contribution in [0.3, 0.4) is 0 Å². The zero-order valence-corrected chi connectivity index (χ0v) is 83.6. The van der Waals surface area contributed by atoms with Crippen molar-refractivity contribution in [2.45, 2.75) is 148 Å². The van der Waals surface area contributed by atoms with Crippen molar-refractivity contribution in [3.05, 3.63) is 403 Å². The first-order valence-corrected chi connectivity index (χ1v) is 47.3. The maximum Gasteiger partial charge on any atom is 0.270 e. The lowest BCUT2D eigenvalue weighted by Gasteiger charge is -2.15. The summed E-state index contributed by atoms with van der Waals surface area (Å²) in [6.07, 6.45) is 31.7. The number of nitrogens with one attached hydrogen (secondary N) is 8. The van der Waals surface area contributed by atoms with Gasteiger partial charge in [-0.3, -0.25) is 59.5 Å². The molecule has 0 bridgehead atoms. The fourth-order valence-corrected chi connectivity index (χ4v) is 15.8. The molecule has 20 rings (SSSR count). The number of amides is 4. The fourth-order valence-electron chi connectivity index (χ4n) is 15.8. The van der Waals surface area contributed by atoms with Crippen LogP contribution in [-0.4, -0.2) is 183 Å². The molecule has 0 unspecified atom stereocenters. The lowest BCUT2D eigenvalue weighted by atomic mass is 10.1. The lowest BCUT2D eigenvalue weighted by molar-refractivity contribution is 0.0926. The minimum absolute atomic E-state index is 0.247. The van der Waals surface area contributed by atoms with Crippen molar-refractivity contribution in [2.24, 2.45) is 0 Å². The molecule has 0 aliphatic carbocycles. The molecular weight excluding hydrogens is 1870 g/mol. The van der Waals surface area contributed by atoms with Crippen molar-refractivity contribution in [3.8, 4) is 81.2 Å². The van der Waals surface area contributed by atoms with E-state index in [9.17, 15) is 19.2 Å². The first-order chi connectivity index (χ1) is 71.5. The van der Waals surface area contributed by atoms with E-state index in [-0.39, 0.29) is 35.7 Å². The van der Waals surface area contributed by atoms with Crippen LogP contribution in [0.1, 0.15) is 209 Å². The fraction of sp³-hybridized carbons (Fsp3) is 0.204. The number of H-pyrrole nitrogens is 4. The Morgan fingerprint density at radius 3 is 1.11 bits per heavy atom. The molecule has 40 heteroatoms. The standard InChI is InChI=1S/3C27H27N9O.C27H23N9O/c1-16-10-22(12-23-11-17(2)33-34-23)32-26(31-16)21-6-7-24(28-15-21)27(37)30-14-20-5-8-25(29-13-20)36-19(4)9-18(3)35-36;1-16-10-21(26-31-17(2)11-22(33-26)13-23-12-18(3)34-35-23)15-29-25(16)27(37)32-19(4)20-6-7-24(28-14-20)36-9-5-8-30-36;1-16-12-30-36(15-16)25-8-6-20(13-29-25)19(4)32-27(37)24-7-5-21(14-28-24)26-31-17(2)9-22(33-26)11-23-10-18(3)34-35-23;1-4-19-14-31-36(16-19)25-8-5-20(12-29-25)13-30-27(37)24-7-6-21(15-28-24)26-32-17(2)9-22(33-26)11-23-10-18(3)34-35-23/h5-11,13,15H,12,14H2,1-4H3,(H,30,37)(H,33,34);5-12,14-15,19H,13H2,1-4H3,(H,32,37)(H,34,35);5-10,12-15,19H,11H2,1-4H3,(H,32,37)(H,34,35);1,5-10,12,14-16H,11,13H2,2-3H3,(H,30,37)(H,34,35)/t;2*19-;/m.00./s1. The van der Waals surface area contributed by atoms with Crippen LogP contribution >= 0.6 is 0 Å². The predicted molar refractivity (Wildman–Crippen MR) is 551 cm³/mol. The number of carbonyl (C=O) groups is 4. The van der Waals surface area contributed by atoms with Gasteiger partial charge in [0.2, 0.25) is 0 Å². The van der Waals surface area contributed by atoms with Crippen LogP contribution in [0.25, 0.3) is 68.8 Å². The van der Waals surface area contributed by atoms with Gasteiger partial charge in [-0.1, -0.05) is 30.2 Å². The Morgan fingerprint density at radius 2 is 0.757 bits per heavy atom. The van der Waals surface area contributed by atoms with Crippen LogP contribution < -0.4 is 21.3 Å². The van der Waals surface area contributed by atoms with E-state index >= 15 is 0 Å². The third kappa shape index (κ3) is 26.1. The summed E-state index contributed by atoms with van der Waals surface area (Å²) in [4.78, 5) is 123. The van der Waals surface area contributed by atoms with Gasteiger partial charge in [0.15, 0.2) is 46.6 Å². The quantitative estimate of drug-likeness (QED) is 0.0211. The lowest BCUT2D eigenvalue weighted by Crippen LogP contribution is -2.28. The van der Waals surface area contributed by atoms with Crippen LogP contribution in [-0.2, 0) is 38.8 Å². The largest absolute Gasteiger partial charge is 0.347 e. The number of hydrogen-bond donors (Lipinski definition) is 8. The summed E-state index contributed by atoms with van der Waals surface area (Å²) in [6.45, 7) is 27.8. The monoisotopic (exact) mass is 1970 g/mol. The van der Waals surface area contributed by atoms with Crippen molar-refractivity contribution in [1.82, 2.24) is 181 Å². The van der Waals surface area contributed by atoms with E-state index in [2.05, 4.69) is 163 Å². The van der Waals surface area contributed by atoms with Crippen LogP contribution in [0.5, 0.6) is 0 Å². The van der Waals surface area contributed by atoms with E-state index < -0.39 is 0 Å². The molecule has 740 valence electrons. The Bertz CT molecular complexity index is 8120. The highest BCUT2D eigenvalue weighted by atomic mass is 16.2. The maximum atomic E-state index is 13.0. The molecule has 0 fully saturated rings. The summed E-state index contributed by atoms with van der Waals surface area (Å²) in [5, 5.41) is 57.8. The average molecular weight is 1970 g/mol. The van der Waals surface area contributed by atoms with Gasteiger partial charge in [0.1, 0.15) is 22.8 Å². The van der Waals surface area contributed by atoms with Gasteiger partial charge in [-0.2, -0.15) is 40.8 Å². The Kier molecular flexibility index (Phi) is 30.9. The summed E-state index contributed by atoms with van der Waals surface area (Å²) in [5.41, 5.74) is 26.7. The molecule has 0 aliphatic heterocycles. The highest BCUT2D eigenvalue weighted by Gasteiger charge is 2.23. The molecule has 8 N–H and O–H groups in total. The minimum atomic E-state index is -0.291. The van der Waals surface area contributed by atoms with Gasteiger partial charge in [-0.05, 0) is 258 Å². The van der Waals surface area contributed by atoms with E-state index in [0.29, 0.717) is 108 Å². The van der Waals surface area contributed by atoms with Crippen LogP contribution in [0, 0.1) is 95.4 Å². The normalized spacial score (nSPS) is 11.4. The van der Waals surface area contributed by atoms with Gasteiger partial charge in [0.05, 0.1) is 81.3 Å². The smallest absolute Gasteiger partial charge is 0.270 e. The number of hydrogen-bond acceptors (Lipinski definition) is 28. The summed E-state index contributed by atoms with van der Waals surface area (Å²) >= 11 is 0. The molecule has 20 aromatic heterocycles. The van der Waals surface area contributed by atoms with Gasteiger partial charge in [-0.15, -0.1) is 6.42 Å². The zero-order chi connectivity index (χ0) is 104. The Balaban J connectivity index is 0.000000135. The molecule has 40 nitrogen and oxygen atoms in total. The van der Waals surface area contributed by atoms with Crippen LogP contribution in [0.15, 0.2) is 238 Å². The van der Waals surface area contributed by atoms with E-state index in [4.69, 9.17) is 11.4 Å². The maximum absolute atomic E-state index is 13.0. The van der Waals surface area contributed by atoms with Gasteiger partial charge < -0.3 is 21.3 Å². The van der Waals surface area contributed by atoms with Crippen LogP contribution in [0.4, 0.5) is 0 Å². The minimum Gasteiger partial charge on any atom is -0.347 e. The molecule has 148 heavy (non-hydrogen) atoms. The van der Waals surface area contributed by atoms with Crippen molar-refractivity contribution >= 4 is 23.6 Å². The number of pyridine rings is 8. The molecule has 0 spiro atoms. The van der Waals surface area contributed by atoms with Gasteiger partial charge in [0.25, 0.3) is 23.6 Å². The number of aromatic amines is 4. The molecule has 0 saturated carbocycles. The van der Waals surface area contributed by atoms with Crippen molar-refractivity contribution < 1.29 is 19.2 Å². The van der Waals surface area contributed by atoms with Crippen molar-refractivity contribution in [3.63, 3.8) is 0 Å². The number of aromatic nitrogens is 32. The summed E-state index contributed by atoms with van der Waals surface area (Å²) in [7, 11) is 0. The first kappa shape index (κ1) is 100. The highest BCUT2D eigenvalue weighted by molar-refractivity contribution is 5.95. The molecule has 20 aromatic rings. The predicted octanol–water partition coefficient (Wildman–Crippen LogP) is 14.3. The highest BCUT2D eigenvalue weighted by Crippen LogP contribution is 2.27. The summed E-state index contributed by atoms with van der Waals surface area (Å²) < 4.78 is 6.79. The van der Waals surface area contributed by atoms with Gasteiger partial charge in [0, 0.05) is 187 Å². The molecule has 2 atom stereocenters. The Labute approximate surface area is 850 Å². The Hall–Kier alpha value is -19.4. The van der Waals surface area contributed by atoms with Crippen molar-refractivity contribution in [1.29, 1.82) is 0 Å². The third-order valence-corrected chi connectivity index (χ3v) is 23.1. The summed E-state index contributed by atoms with van der Waals surface area (Å²) in [6, 6.07) is 46.5. The number of rotatable bonds is 28. The topological polar surface area (TPSA) is 509 Å². The van der Waals surface area contributed by atoms with Gasteiger partial charge >= 0.3 is 0 Å². The molecule has 0 aliphatic rings.